The second-order valence-electron chi connectivity index (χ2n) is 3.55. The van der Waals surface area contributed by atoms with Crippen LogP contribution in [-0.2, 0) is 20.9 Å². The molecular formula is C12H15NO4S. The fraction of sp³-hybridized carbons (Fsp3) is 0.333. The van der Waals surface area contributed by atoms with E-state index in [2.05, 4.69) is 17.4 Å². The molecule has 0 aliphatic carbocycles. The predicted octanol–water partition coefficient (Wildman–Crippen LogP) is 0.773. The average molecular weight is 269 g/mol. The average Bonchev–Trinajstić information content (AvgIpc) is 2.43. The Kier molecular flexibility index (Phi) is 5.67. The minimum Gasteiger partial charge on any atom is -0.465 e. The summed E-state index contributed by atoms with van der Waals surface area (Å²) in [4.78, 5) is 22.9. The molecule has 1 aromatic carbocycles. The summed E-state index contributed by atoms with van der Waals surface area (Å²) in [7, 11) is 1.29. The van der Waals surface area contributed by atoms with Crippen LogP contribution in [0.25, 0.3) is 0 Å². The van der Waals surface area contributed by atoms with Gasteiger partial charge >= 0.3 is 11.9 Å². The van der Waals surface area contributed by atoms with Crippen LogP contribution in [0.15, 0.2) is 24.3 Å². The van der Waals surface area contributed by atoms with Crippen LogP contribution in [0.1, 0.15) is 15.9 Å². The van der Waals surface area contributed by atoms with Gasteiger partial charge < -0.3 is 15.2 Å². The van der Waals surface area contributed by atoms with Gasteiger partial charge in [0.05, 0.1) is 12.7 Å². The molecule has 0 aliphatic heterocycles. The number of esters is 2. The minimum atomic E-state index is -0.765. The van der Waals surface area contributed by atoms with Crippen LogP contribution in [0.5, 0.6) is 0 Å². The van der Waals surface area contributed by atoms with Gasteiger partial charge in [-0.1, -0.05) is 18.2 Å². The summed E-state index contributed by atoms with van der Waals surface area (Å²) in [5, 5.41) is 0. The van der Waals surface area contributed by atoms with Gasteiger partial charge in [0.2, 0.25) is 0 Å². The van der Waals surface area contributed by atoms with Crippen molar-refractivity contribution in [2.45, 2.75) is 12.6 Å². The number of benzene rings is 1. The van der Waals surface area contributed by atoms with Crippen LogP contribution in [-0.4, -0.2) is 30.8 Å². The molecule has 0 saturated carbocycles. The number of hydrogen-bond acceptors (Lipinski definition) is 6. The summed E-state index contributed by atoms with van der Waals surface area (Å²) >= 11 is 3.90. The molecule has 5 nitrogen and oxygen atoms in total. The van der Waals surface area contributed by atoms with Gasteiger partial charge in [-0.15, -0.1) is 0 Å². The van der Waals surface area contributed by atoms with E-state index in [1.54, 1.807) is 24.3 Å². The Balaban J connectivity index is 2.73. The highest BCUT2D eigenvalue weighted by atomic mass is 32.1. The Morgan fingerprint density at radius 3 is 2.67 bits per heavy atom. The summed E-state index contributed by atoms with van der Waals surface area (Å²) < 4.78 is 9.63. The van der Waals surface area contributed by atoms with Crippen LogP contribution in [0, 0.1) is 0 Å². The van der Waals surface area contributed by atoms with Crippen molar-refractivity contribution in [3.05, 3.63) is 35.4 Å². The lowest BCUT2D eigenvalue weighted by Gasteiger charge is -2.11. The third-order valence-corrected chi connectivity index (χ3v) is 2.69. The van der Waals surface area contributed by atoms with Crippen molar-refractivity contribution in [3.8, 4) is 0 Å². The Morgan fingerprint density at radius 2 is 2.06 bits per heavy atom. The first-order valence-corrected chi connectivity index (χ1v) is 5.92. The van der Waals surface area contributed by atoms with Crippen LogP contribution in [0.3, 0.4) is 0 Å². The summed E-state index contributed by atoms with van der Waals surface area (Å²) in [5.74, 6) is -0.817. The third kappa shape index (κ3) is 3.75. The standard InChI is InChI=1S/C12H15NO4S/c1-16-11(14)9-5-3-2-4-8(9)6-17-12(15)10(13)7-18/h2-5,10,18H,6-7,13H2,1H3/t10-/m0/s1. The first-order valence-electron chi connectivity index (χ1n) is 5.29. The van der Waals surface area contributed by atoms with Gasteiger partial charge in [-0.25, -0.2) is 4.79 Å². The van der Waals surface area contributed by atoms with Crippen molar-refractivity contribution in [2.75, 3.05) is 12.9 Å². The Labute approximate surface area is 111 Å². The zero-order chi connectivity index (χ0) is 13.5. The van der Waals surface area contributed by atoms with E-state index in [9.17, 15) is 9.59 Å². The number of hydrogen-bond donors (Lipinski definition) is 2. The fourth-order valence-corrected chi connectivity index (χ4v) is 1.43. The molecule has 0 saturated heterocycles. The summed E-state index contributed by atoms with van der Waals surface area (Å²) in [6.45, 7) is -0.0222. The summed E-state index contributed by atoms with van der Waals surface area (Å²) in [5.41, 5.74) is 6.40. The molecule has 1 atom stereocenters. The van der Waals surface area contributed by atoms with Crippen molar-refractivity contribution >= 4 is 24.6 Å². The number of methoxy groups -OCH3 is 1. The summed E-state index contributed by atoms with van der Waals surface area (Å²) in [6, 6.07) is 5.98. The summed E-state index contributed by atoms with van der Waals surface area (Å²) in [6.07, 6.45) is 0. The van der Waals surface area contributed by atoms with E-state index in [1.165, 1.54) is 7.11 Å². The van der Waals surface area contributed by atoms with Gasteiger partial charge in [-0.05, 0) is 6.07 Å². The molecule has 0 bridgehead atoms. The molecule has 0 aromatic heterocycles. The molecule has 18 heavy (non-hydrogen) atoms. The SMILES string of the molecule is COC(=O)c1ccccc1COC(=O)[C@@H](N)CS. The van der Waals surface area contributed by atoms with Gasteiger partial charge in [0.25, 0.3) is 0 Å². The normalized spacial score (nSPS) is 11.7. The van der Waals surface area contributed by atoms with Crippen molar-refractivity contribution in [3.63, 3.8) is 0 Å². The van der Waals surface area contributed by atoms with Gasteiger partial charge in [-0.3, -0.25) is 4.79 Å². The fourth-order valence-electron chi connectivity index (χ4n) is 1.29. The second kappa shape index (κ2) is 7.03. The molecule has 0 amide bonds. The maximum atomic E-state index is 11.5. The molecule has 0 aliphatic rings. The number of ether oxygens (including phenoxy) is 2. The van der Waals surface area contributed by atoms with E-state index in [-0.39, 0.29) is 12.4 Å². The molecule has 0 radical (unpaired) electrons. The Bertz CT molecular complexity index is 436. The van der Waals surface area contributed by atoms with Crippen molar-refractivity contribution < 1.29 is 19.1 Å². The largest absolute Gasteiger partial charge is 0.465 e. The van der Waals surface area contributed by atoms with E-state index in [4.69, 9.17) is 10.5 Å². The predicted molar refractivity (Wildman–Crippen MR) is 69.4 cm³/mol. The Morgan fingerprint density at radius 1 is 1.39 bits per heavy atom. The van der Waals surface area contributed by atoms with Gasteiger partial charge in [0.1, 0.15) is 12.6 Å². The minimum absolute atomic E-state index is 0.0222. The molecular weight excluding hydrogens is 254 g/mol. The van der Waals surface area contributed by atoms with E-state index < -0.39 is 18.0 Å². The highest BCUT2D eigenvalue weighted by molar-refractivity contribution is 7.80. The number of thiol groups is 1. The number of rotatable bonds is 5. The zero-order valence-corrected chi connectivity index (χ0v) is 10.9. The smallest absolute Gasteiger partial charge is 0.338 e. The highest BCUT2D eigenvalue weighted by Crippen LogP contribution is 2.11. The van der Waals surface area contributed by atoms with Crippen LogP contribution in [0.4, 0.5) is 0 Å². The number of carbonyl (C=O) groups is 2. The second-order valence-corrected chi connectivity index (χ2v) is 3.91. The van der Waals surface area contributed by atoms with Gasteiger partial charge in [0.15, 0.2) is 0 Å². The van der Waals surface area contributed by atoms with E-state index in [1.807, 2.05) is 0 Å². The quantitative estimate of drug-likeness (QED) is 0.610. The molecule has 6 heteroatoms. The van der Waals surface area contributed by atoms with Crippen molar-refractivity contribution in [2.24, 2.45) is 5.73 Å². The van der Waals surface area contributed by atoms with E-state index in [0.717, 1.165) is 0 Å². The lowest BCUT2D eigenvalue weighted by molar-refractivity contribution is -0.145. The lowest BCUT2D eigenvalue weighted by Crippen LogP contribution is -2.33. The van der Waals surface area contributed by atoms with Gasteiger partial charge in [0, 0.05) is 11.3 Å². The van der Waals surface area contributed by atoms with Crippen LogP contribution >= 0.6 is 12.6 Å². The maximum Gasteiger partial charge on any atom is 0.338 e. The molecule has 0 spiro atoms. The highest BCUT2D eigenvalue weighted by Gasteiger charge is 2.16. The molecule has 98 valence electrons. The maximum absolute atomic E-state index is 11.5. The zero-order valence-electron chi connectivity index (χ0n) is 9.96. The molecule has 2 N–H and O–H groups in total. The van der Waals surface area contributed by atoms with E-state index in [0.29, 0.717) is 11.1 Å². The topological polar surface area (TPSA) is 78.6 Å². The first kappa shape index (κ1) is 14.5. The Hall–Kier alpha value is -1.53. The van der Waals surface area contributed by atoms with Crippen molar-refractivity contribution in [1.82, 2.24) is 0 Å². The van der Waals surface area contributed by atoms with Gasteiger partial charge in [-0.2, -0.15) is 12.6 Å². The number of nitrogens with two attached hydrogens (primary N) is 1. The van der Waals surface area contributed by atoms with Crippen LogP contribution in [0.2, 0.25) is 0 Å². The molecule has 1 aromatic rings. The monoisotopic (exact) mass is 269 g/mol. The molecule has 1 rings (SSSR count). The molecule has 0 heterocycles. The van der Waals surface area contributed by atoms with Crippen molar-refractivity contribution in [1.29, 1.82) is 0 Å². The third-order valence-electron chi connectivity index (χ3n) is 2.29. The van der Waals surface area contributed by atoms with Crippen LogP contribution < -0.4 is 5.73 Å². The first-order chi connectivity index (χ1) is 8.60. The lowest BCUT2D eigenvalue weighted by atomic mass is 10.1. The molecule has 0 unspecified atom stereocenters. The molecule has 0 fully saturated rings. The number of carbonyl (C=O) groups excluding carboxylic acids is 2. The van der Waals surface area contributed by atoms with E-state index >= 15 is 0 Å².